The number of hydrogen-bond donors (Lipinski definition) is 1. The minimum Gasteiger partial charge on any atom is -0.386 e. The summed E-state index contributed by atoms with van der Waals surface area (Å²) in [7, 11) is -3.38. The Morgan fingerprint density at radius 3 is 2.50 bits per heavy atom. The highest BCUT2D eigenvalue weighted by molar-refractivity contribution is 7.92. The van der Waals surface area contributed by atoms with E-state index in [1.54, 1.807) is 11.6 Å². The summed E-state index contributed by atoms with van der Waals surface area (Å²) in [5, 5.41) is 7.96. The maximum atomic E-state index is 12.7. The van der Waals surface area contributed by atoms with Crippen LogP contribution in [0.4, 0.5) is 13.9 Å². The van der Waals surface area contributed by atoms with Crippen LogP contribution < -0.4 is 10.3 Å². The van der Waals surface area contributed by atoms with E-state index in [2.05, 4.69) is 15.5 Å². The van der Waals surface area contributed by atoms with E-state index in [4.69, 9.17) is 4.84 Å². The molecule has 1 aliphatic carbocycles. The number of H-pyrrole nitrogens is 1. The Balaban J connectivity index is 1.86. The number of nitrogens with one attached hydrogen (secondary N) is 2. The van der Waals surface area contributed by atoms with Crippen LogP contribution in [0.2, 0.25) is 0 Å². The fourth-order valence-electron chi connectivity index (χ4n) is 2.30. The van der Waals surface area contributed by atoms with Gasteiger partial charge in [0.25, 0.3) is 0 Å². The van der Waals surface area contributed by atoms with E-state index in [9.17, 15) is 22.0 Å². The van der Waals surface area contributed by atoms with Gasteiger partial charge in [0.2, 0.25) is 0 Å². The van der Waals surface area contributed by atoms with Gasteiger partial charge < -0.3 is 4.84 Å². The van der Waals surface area contributed by atoms with Crippen molar-refractivity contribution < 1.29 is 31.8 Å². The maximum Gasteiger partial charge on any atom is 0.362 e. The first-order valence-electron chi connectivity index (χ1n) is 8.42. The van der Waals surface area contributed by atoms with Crippen LogP contribution in [0.1, 0.15) is 18.4 Å². The van der Waals surface area contributed by atoms with Gasteiger partial charge >= 0.3 is 11.0 Å². The highest BCUT2D eigenvalue weighted by atomic mass is 32.2. The molecular formula is C17H18F2N3O4S2+. The molecule has 1 aromatic heterocycles. The predicted octanol–water partition coefficient (Wildman–Crippen LogP) is 2.17. The Labute approximate surface area is 164 Å². The number of alkyl halides is 2. The number of benzene rings is 1. The van der Waals surface area contributed by atoms with E-state index >= 15 is 0 Å². The average molecular weight is 430 g/mol. The normalized spacial score (nSPS) is 14.9. The van der Waals surface area contributed by atoms with Crippen molar-refractivity contribution in [2.75, 3.05) is 18.7 Å². The Morgan fingerprint density at radius 2 is 1.96 bits per heavy atom. The number of amides is 1. The minimum absolute atomic E-state index is 0.149. The van der Waals surface area contributed by atoms with E-state index in [-0.39, 0.29) is 21.4 Å². The zero-order valence-electron chi connectivity index (χ0n) is 14.6. The van der Waals surface area contributed by atoms with Gasteiger partial charge in [0.05, 0.1) is 16.3 Å². The molecule has 2 N–H and O–H groups in total. The molecular weight excluding hydrogens is 412 g/mol. The monoisotopic (exact) mass is 430 g/mol. The number of carbonyl (C=O) groups is 1. The summed E-state index contributed by atoms with van der Waals surface area (Å²) in [5.41, 5.74) is 0.0179. The number of carbonyl (C=O) groups excluding carboxylic acids is 1. The number of rotatable bonds is 9. The van der Waals surface area contributed by atoms with Crippen LogP contribution in [0.3, 0.4) is 0 Å². The molecule has 7 nitrogen and oxygen atoms in total. The summed E-state index contributed by atoms with van der Waals surface area (Å²) in [6.07, 6.45) is 1.47. The second-order valence-electron chi connectivity index (χ2n) is 6.09. The molecule has 0 bridgehead atoms. The van der Waals surface area contributed by atoms with Gasteiger partial charge in [-0.05, 0) is 25.0 Å². The number of aromatic nitrogens is 1. The van der Waals surface area contributed by atoms with Crippen molar-refractivity contribution in [1.82, 2.24) is 0 Å². The van der Waals surface area contributed by atoms with Gasteiger partial charge in [-0.2, -0.15) is 5.32 Å². The fourth-order valence-corrected chi connectivity index (χ4v) is 4.51. The lowest BCUT2D eigenvalue weighted by atomic mass is 10.1. The number of nitrogens with zero attached hydrogens (tertiary/aromatic N) is 1. The zero-order chi connectivity index (χ0) is 20.1. The van der Waals surface area contributed by atoms with Crippen molar-refractivity contribution in [2.24, 2.45) is 5.16 Å². The zero-order valence-corrected chi connectivity index (χ0v) is 16.2. The van der Waals surface area contributed by atoms with Crippen molar-refractivity contribution in [3.63, 3.8) is 0 Å². The lowest BCUT2D eigenvalue weighted by molar-refractivity contribution is -0.354. The molecule has 0 atom stereocenters. The van der Waals surface area contributed by atoms with E-state index in [0.29, 0.717) is 18.0 Å². The molecule has 0 saturated heterocycles. The smallest absolute Gasteiger partial charge is 0.362 e. The molecule has 11 heteroatoms. The molecule has 0 aliphatic heterocycles. The van der Waals surface area contributed by atoms with Crippen LogP contribution in [0.25, 0.3) is 0 Å². The van der Waals surface area contributed by atoms with Crippen molar-refractivity contribution >= 4 is 37.9 Å². The molecule has 3 rings (SSSR count). The standard InChI is InChI=1S/C17H17F2N3O4S2/c18-9-12(10-19)26-22-15(16(23)21-17-20-7-8-27-17)11-1-3-13(4-2-11)28(24,25)14-5-6-14/h1-4,7-8,12,14H,5-6,9-10H2,(H,20,21,23)/p+1/b22-15+. The second kappa shape index (κ2) is 8.74. The molecule has 28 heavy (non-hydrogen) atoms. The van der Waals surface area contributed by atoms with E-state index < -0.39 is 35.2 Å². The van der Waals surface area contributed by atoms with Crippen LogP contribution in [0.5, 0.6) is 0 Å². The summed E-state index contributed by atoms with van der Waals surface area (Å²) in [5.74, 6) is -0.673. The van der Waals surface area contributed by atoms with Crippen molar-refractivity contribution in [3.05, 3.63) is 41.4 Å². The van der Waals surface area contributed by atoms with Crippen LogP contribution in [-0.2, 0) is 19.5 Å². The van der Waals surface area contributed by atoms with Crippen molar-refractivity contribution in [2.45, 2.75) is 29.1 Å². The molecule has 1 heterocycles. The summed E-state index contributed by atoms with van der Waals surface area (Å²) >= 11 is 1.23. The number of oxime groups is 1. The van der Waals surface area contributed by atoms with E-state index in [1.165, 1.54) is 35.6 Å². The SMILES string of the molecule is O=C(Nc1[nH+]ccs1)/C(=N/OC(CF)CF)c1ccc(S(=O)(=O)C2CC2)cc1. The predicted molar refractivity (Wildman–Crippen MR) is 99.5 cm³/mol. The fraction of sp³-hybridized carbons (Fsp3) is 0.353. The Bertz CT molecular complexity index is 939. The molecule has 0 unspecified atom stereocenters. The number of aromatic amines is 1. The maximum absolute atomic E-state index is 12.7. The molecule has 1 saturated carbocycles. The van der Waals surface area contributed by atoms with Crippen molar-refractivity contribution in [1.29, 1.82) is 0 Å². The molecule has 1 aliphatic rings. The molecule has 1 fully saturated rings. The van der Waals surface area contributed by atoms with E-state index in [1.807, 2.05) is 0 Å². The van der Waals surface area contributed by atoms with Gasteiger partial charge in [-0.1, -0.05) is 28.6 Å². The number of halogens is 2. The second-order valence-corrected chi connectivity index (χ2v) is 9.24. The quantitative estimate of drug-likeness (QED) is 0.487. The van der Waals surface area contributed by atoms with Gasteiger partial charge in [0.1, 0.15) is 13.3 Å². The summed E-state index contributed by atoms with van der Waals surface area (Å²) in [6.45, 7) is -2.21. The van der Waals surface area contributed by atoms with Gasteiger partial charge in [-0.15, -0.1) is 0 Å². The molecule has 1 amide bonds. The highest BCUT2D eigenvalue weighted by Gasteiger charge is 2.37. The first kappa shape index (κ1) is 20.3. The van der Waals surface area contributed by atoms with E-state index in [0.717, 1.165) is 0 Å². The first-order chi connectivity index (χ1) is 13.5. The summed E-state index contributed by atoms with van der Waals surface area (Å²) in [4.78, 5) is 20.3. The highest BCUT2D eigenvalue weighted by Crippen LogP contribution is 2.33. The molecule has 1 aromatic carbocycles. The molecule has 2 aromatic rings. The average Bonchev–Trinajstić information content (AvgIpc) is 3.45. The van der Waals surface area contributed by atoms with Crippen LogP contribution >= 0.6 is 11.3 Å². The number of thiazole rings is 1. The minimum atomic E-state index is -3.38. The molecule has 0 radical (unpaired) electrons. The number of sulfone groups is 1. The topological polar surface area (TPSA) is 99.0 Å². The Kier molecular flexibility index (Phi) is 6.35. The summed E-state index contributed by atoms with van der Waals surface area (Å²) in [6, 6.07) is 5.58. The lowest BCUT2D eigenvalue weighted by Crippen LogP contribution is -2.27. The van der Waals surface area contributed by atoms with Gasteiger partial charge in [0.15, 0.2) is 21.7 Å². The lowest BCUT2D eigenvalue weighted by Gasteiger charge is -2.09. The third-order valence-electron chi connectivity index (χ3n) is 3.97. The Hall–Kier alpha value is -2.40. The van der Waals surface area contributed by atoms with Gasteiger partial charge in [-0.3, -0.25) is 0 Å². The molecule has 0 spiro atoms. The van der Waals surface area contributed by atoms with Gasteiger partial charge in [0, 0.05) is 10.9 Å². The van der Waals surface area contributed by atoms with Crippen LogP contribution in [0, 0.1) is 0 Å². The van der Waals surface area contributed by atoms with Gasteiger partial charge in [-0.25, -0.2) is 27.0 Å². The first-order valence-corrected chi connectivity index (χ1v) is 10.8. The third-order valence-corrected chi connectivity index (χ3v) is 6.97. The summed E-state index contributed by atoms with van der Waals surface area (Å²) < 4.78 is 49.9. The van der Waals surface area contributed by atoms with Crippen LogP contribution in [-0.4, -0.2) is 44.7 Å². The Morgan fingerprint density at radius 1 is 1.29 bits per heavy atom. The third kappa shape index (κ3) is 4.71. The van der Waals surface area contributed by atoms with Crippen molar-refractivity contribution in [3.8, 4) is 0 Å². The number of hydrogen-bond acceptors (Lipinski definition) is 6. The van der Waals surface area contributed by atoms with Crippen LogP contribution in [0.15, 0.2) is 45.9 Å². The number of anilines is 1. The molecule has 150 valence electrons. The largest absolute Gasteiger partial charge is 0.386 e.